The molecule has 18 heavy (non-hydrogen) atoms. The van der Waals surface area contributed by atoms with Crippen LogP contribution >= 0.6 is 0 Å². The van der Waals surface area contributed by atoms with Gasteiger partial charge in [-0.1, -0.05) is 13.8 Å². The predicted molar refractivity (Wildman–Crippen MR) is 74.9 cm³/mol. The molecule has 4 heteroatoms. The number of rotatable bonds is 3. The van der Waals surface area contributed by atoms with E-state index in [9.17, 15) is 4.39 Å². The number of anilines is 1. The fourth-order valence-corrected chi connectivity index (χ4v) is 2.29. The van der Waals surface area contributed by atoms with Crippen LogP contribution in [0.1, 0.15) is 33.2 Å². The number of nitrogens with one attached hydrogen (secondary N) is 1. The molecule has 1 saturated heterocycles. The molecule has 0 amide bonds. The normalized spacial score (nSPS) is 25.4. The number of nitrogens with zero attached hydrogens (tertiary/aromatic N) is 2. The Kier molecular flexibility index (Phi) is 4.17. The lowest BCUT2D eigenvalue weighted by Gasteiger charge is -2.33. The first-order valence-electron chi connectivity index (χ1n) is 6.60. The van der Waals surface area contributed by atoms with Gasteiger partial charge in [-0.2, -0.15) is 0 Å². The van der Waals surface area contributed by atoms with Gasteiger partial charge in [-0.25, -0.2) is 4.39 Å². The molecule has 1 aromatic rings. The predicted octanol–water partition coefficient (Wildman–Crippen LogP) is 2.91. The molecular weight excluding hydrogens is 229 g/mol. The Morgan fingerprint density at radius 3 is 2.94 bits per heavy atom. The molecule has 0 saturated carbocycles. The van der Waals surface area contributed by atoms with E-state index < -0.39 is 6.17 Å². The number of piperidine rings is 1. The lowest BCUT2D eigenvalue weighted by molar-refractivity contribution is 0.149. The third-order valence-corrected chi connectivity index (χ3v) is 3.52. The SMILES string of the molecule is CC(C)c1cncc(NC2CCN(C)CC2F)c1.[HH]. The van der Waals surface area contributed by atoms with Crippen molar-refractivity contribution in [2.24, 2.45) is 0 Å². The van der Waals surface area contributed by atoms with Crippen LogP contribution in [0.2, 0.25) is 0 Å². The maximum atomic E-state index is 13.9. The van der Waals surface area contributed by atoms with Crippen LogP contribution in [-0.2, 0) is 0 Å². The number of alkyl halides is 1. The van der Waals surface area contributed by atoms with Gasteiger partial charge >= 0.3 is 0 Å². The minimum absolute atomic E-state index is 0. The first-order chi connectivity index (χ1) is 8.56. The lowest BCUT2D eigenvalue weighted by Crippen LogP contribution is -2.46. The van der Waals surface area contributed by atoms with E-state index in [0.717, 1.165) is 18.7 Å². The maximum Gasteiger partial charge on any atom is 0.133 e. The molecule has 2 atom stereocenters. The van der Waals surface area contributed by atoms with E-state index in [2.05, 4.69) is 30.2 Å². The van der Waals surface area contributed by atoms with Crippen molar-refractivity contribution in [1.29, 1.82) is 0 Å². The molecule has 1 aliphatic rings. The topological polar surface area (TPSA) is 28.2 Å². The zero-order valence-corrected chi connectivity index (χ0v) is 11.4. The summed E-state index contributed by atoms with van der Waals surface area (Å²) >= 11 is 0. The quantitative estimate of drug-likeness (QED) is 0.897. The molecule has 1 N–H and O–H groups in total. The second-order valence-corrected chi connectivity index (χ2v) is 5.48. The van der Waals surface area contributed by atoms with Crippen molar-refractivity contribution in [2.75, 3.05) is 25.5 Å². The van der Waals surface area contributed by atoms with Crippen molar-refractivity contribution in [2.45, 2.75) is 38.4 Å². The highest BCUT2D eigenvalue weighted by Crippen LogP contribution is 2.21. The smallest absolute Gasteiger partial charge is 0.133 e. The molecule has 1 aromatic heterocycles. The van der Waals surface area contributed by atoms with Gasteiger partial charge < -0.3 is 10.2 Å². The average molecular weight is 253 g/mol. The van der Waals surface area contributed by atoms with Gasteiger partial charge in [-0.3, -0.25) is 4.98 Å². The molecule has 2 heterocycles. The van der Waals surface area contributed by atoms with E-state index in [1.165, 1.54) is 5.56 Å². The zero-order chi connectivity index (χ0) is 13.1. The number of hydrogen-bond donors (Lipinski definition) is 1. The Morgan fingerprint density at radius 2 is 2.28 bits per heavy atom. The second kappa shape index (κ2) is 5.65. The van der Waals surface area contributed by atoms with Gasteiger partial charge in [0.2, 0.25) is 0 Å². The molecule has 0 aliphatic carbocycles. The summed E-state index contributed by atoms with van der Waals surface area (Å²) in [5.74, 6) is 0.443. The lowest BCUT2D eigenvalue weighted by atomic mass is 10.0. The van der Waals surface area contributed by atoms with Crippen molar-refractivity contribution in [3.05, 3.63) is 24.0 Å². The summed E-state index contributed by atoms with van der Waals surface area (Å²) in [6.45, 7) is 5.72. The van der Waals surface area contributed by atoms with E-state index >= 15 is 0 Å². The second-order valence-electron chi connectivity index (χ2n) is 5.48. The Hall–Kier alpha value is -1.16. The van der Waals surface area contributed by atoms with Crippen LogP contribution in [0, 0.1) is 0 Å². The molecule has 1 fully saturated rings. The molecule has 0 spiro atoms. The standard InChI is InChI=1S/C14H22FN3.H2/c1-10(2)11-6-12(8-16-7-11)17-14-4-5-18(3)9-13(14)15;/h6-8,10,13-14,17H,4-5,9H2,1-3H3;1H. The van der Waals surface area contributed by atoms with Crippen LogP contribution in [0.15, 0.2) is 18.5 Å². The minimum Gasteiger partial charge on any atom is -0.378 e. The molecule has 0 radical (unpaired) electrons. The van der Waals surface area contributed by atoms with E-state index in [-0.39, 0.29) is 7.47 Å². The van der Waals surface area contributed by atoms with Crippen molar-refractivity contribution in [3.63, 3.8) is 0 Å². The first kappa shape index (κ1) is 13.3. The summed E-state index contributed by atoms with van der Waals surface area (Å²) in [5, 5.41) is 3.28. The molecule has 3 nitrogen and oxygen atoms in total. The number of likely N-dealkylation sites (tertiary alicyclic amines) is 1. The van der Waals surface area contributed by atoms with Crippen molar-refractivity contribution < 1.29 is 5.82 Å². The highest BCUT2D eigenvalue weighted by Gasteiger charge is 2.27. The van der Waals surface area contributed by atoms with E-state index in [0.29, 0.717) is 12.5 Å². The van der Waals surface area contributed by atoms with Crippen molar-refractivity contribution in [1.82, 2.24) is 9.88 Å². The monoisotopic (exact) mass is 253 g/mol. The molecule has 1 aliphatic heterocycles. The van der Waals surface area contributed by atoms with E-state index in [4.69, 9.17) is 0 Å². The Morgan fingerprint density at radius 1 is 1.50 bits per heavy atom. The van der Waals surface area contributed by atoms with Gasteiger partial charge in [0, 0.05) is 26.9 Å². The molecule has 102 valence electrons. The van der Waals surface area contributed by atoms with Gasteiger partial charge in [-0.05, 0) is 31.0 Å². The van der Waals surface area contributed by atoms with Crippen LogP contribution in [0.3, 0.4) is 0 Å². The summed E-state index contributed by atoms with van der Waals surface area (Å²) in [4.78, 5) is 6.25. The third kappa shape index (κ3) is 3.19. The summed E-state index contributed by atoms with van der Waals surface area (Å²) in [6.07, 6.45) is 3.67. The van der Waals surface area contributed by atoms with Gasteiger partial charge in [-0.15, -0.1) is 0 Å². The van der Waals surface area contributed by atoms with Crippen LogP contribution in [0.5, 0.6) is 0 Å². The summed E-state index contributed by atoms with van der Waals surface area (Å²) in [5.41, 5.74) is 2.11. The first-order valence-corrected chi connectivity index (χ1v) is 6.60. The Bertz CT molecular complexity index is 400. The zero-order valence-electron chi connectivity index (χ0n) is 11.4. The van der Waals surface area contributed by atoms with Gasteiger partial charge in [0.15, 0.2) is 0 Å². The van der Waals surface area contributed by atoms with Crippen molar-refractivity contribution in [3.8, 4) is 0 Å². The van der Waals surface area contributed by atoms with Gasteiger partial charge in [0.25, 0.3) is 0 Å². The van der Waals surface area contributed by atoms with Gasteiger partial charge in [0.05, 0.1) is 11.7 Å². The number of halogens is 1. The average Bonchev–Trinajstić information content (AvgIpc) is 2.33. The molecule has 0 bridgehead atoms. The number of hydrogen-bond acceptors (Lipinski definition) is 3. The van der Waals surface area contributed by atoms with E-state index in [1.54, 1.807) is 6.20 Å². The third-order valence-electron chi connectivity index (χ3n) is 3.52. The molecule has 2 rings (SSSR count). The van der Waals surface area contributed by atoms with Crippen LogP contribution in [-0.4, -0.2) is 42.2 Å². The molecule has 2 unspecified atom stereocenters. The highest BCUT2D eigenvalue weighted by atomic mass is 19.1. The molecular formula is C14H24FN3. The van der Waals surface area contributed by atoms with Crippen LogP contribution in [0.25, 0.3) is 0 Å². The van der Waals surface area contributed by atoms with Crippen LogP contribution < -0.4 is 5.32 Å². The Balaban J connectivity index is 0.00000180. The number of aromatic nitrogens is 1. The summed E-state index contributed by atoms with van der Waals surface area (Å²) < 4.78 is 13.9. The summed E-state index contributed by atoms with van der Waals surface area (Å²) in [7, 11) is 1.96. The number of pyridine rings is 1. The fourth-order valence-electron chi connectivity index (χ4n) is 2.29. The minimum atomic E-state index is -0.813. The fraction of sp³-hybridized carbons (Fsp3) is 0.643. The Labute approximate surface area is 110 Å². The van der Waals surface area contributed by atoms with E-state index in [1.807, 2.05) is 18.1 Å². The molecule has 0 aromatic carbocycles. The maximum absolute atomic E-state index is 13.9. The van der Waals surface area contributed by atoms with Gasteiger partial charge in [0.1, 0.15) is 6.17 Å². The largest absolute Gasteiger partial charge is 0.378 e. The van der Waals surface area contributed by atoms with Crippen LogP contribution in [0.4, 0.5) is 10.1 Å². The highest BCUT2D eigenvalue weighted by molar-refractivity contribution is 5.44. The summed E-state index contributed by atoms with van der Waals surface area (Å²) in [6, 6.07) is 1.98. The van der Waals surface area contributed by atoms with Crippen molar-refractivity contribution >= 4 is 5.69 Å².